The average Bonchev–Trinajstić information content (AvgIpc) is 3.00. The van der Waals surface area contributed by atoms with Gasteiger partial charge in [-0.2, -0.15) is 0 Å². The fourth-order valence-electron chi connectivity index (χ4n) is 5.02. The Labute approximate surface area is 267 Å². The number of benzene rings is 3. The fraction of sp³-hybridized carbons (Fsp3) is 0.355. The summed E-state index contributed by atoms with van der Waals surface area (Å²) in [6, 6.07) is 16.2. The first-order valence-electron chi connectivity index (χ1n) is 14.0. The molecule has 4 rings (SSSR count). The van der Waals surface area contributed by atoms with Crippen LogP contribution in [0.1, 0.15) is 44.6 Å². The molecule has 1 aliphatic carbocycles. The number of carbonyl (C=O) groups is 2. The molecular weight excluding hydrogens is 633 g/mol. The largest absolute Gasteiger partial charge is 0.497 e. The van der Waals surface area contributed by atoms with Gasteiger partial charge in [0.15, 0.2) is 0 Å². The van der Waals surface area contributed by atoms with Gasteiger partial charge < -0.3 is 15.0 Å². The number of nitrogens with one attached hydrogen (secondary N) is 1. The van der Waals surface area contributed by atoms with Crippen LogP contribution in [0.3, 0.4) is 0 Å². The Morgan fingerprint density at radius 3 is 2.28 bits per heavy atom. The van der Waals surface area contributed by atoms with Crippen LogP contribution in [-0.2, 0) is 26.2 Å². The number of hydrogen-bond donors (Lipinski definition) is 1. The highest BCUT2D eigenvalue weighted by Crippen LogP contribution is 2.29. The van der Waals surface area contributed by atoms with Crippen LogP contribution in [0.5, 0.6) is 5.75 Å². The summed E-state index contributed by atoms with van der Waals surface area (Å²) in [6.45, 7) is 1.05. The predicted molar refractivity (Wildman–Crippen MR) is 170 cm³/mol. The molecule has 1 fully saturated rings. The SMILES string of the molecule is COc1ccc(S(=O)(=O)N(CC(=O)N(Cc2ccc(Cl)c(Cl)c2)[C@@H](C)C(=O)NC2CCCCC2)c2cccc(Cl)c2)cc1. The maximum atomic E-state index is 14.1. The molecule has 3 aromatic rings. The van der Waals surface area contributed by atoms with Gasteiger partial charge >= 0.3 is 0 Å². The molecule has 2 amide bonds. The second-order valence-corrected chi connectivity index (χ2v) is 13.6. The lowest BCUT2D eigenvalue weighted by atomic mass is 9.95. The monoisotopic (exact) mass is 665 g/mol. The van der Waals surface area contributed by atoms with Crippen LogP contribution in [0.4, 0.5) is 5.69 Å². The van der Waals surface area contributed by atoms with E-state index in [0.717, 1.165) is 36.4 Å². The van der Waals surface area contributed by atoms with Gasteiger partial charge in [-0.15, -0.1) is 0 Å². The van der Waals surface area contributed by atoms with Crippen molar-refractivity contribution in [1.29, 1.82) is 0 Å². The van der Waals surface area contributed by atoms with Gasteiger partial charge in [-0.25, -0.2) is 8.42 Å². The maximum absolute atomic E-state index is 14.1. The van der Waals surface area contributed by atoms with Crippen molar-refractivity contribution in [2.45, 2.75) is 62.6 Å². The van der Waals surface area contributed by atoms with E-state index in [1.165, 1.54) is 42.3 Å². The summed E-state index contributed by atoms with van der Waals surface area (Å²) in [6.07, 6.45) is 4.95. The van der Waals surface area contributed by atoms with Gasteiger partial charge in [-0.3, -0.25) is 13.9 Å². The molecule has 0 unspecified atom stereocenters. The van der Waals surface area contributed by atoms with E-state index in [9.17, 15) is 18.0 Å². The number of carbonyl (C=O) groups excluding carboxylic acids is 2. The molecule has 1 atom stereocenters. The smallest absolute Gasteiger partial charge is 0.264 e. The topological polar surface area (TPSA) is 96.0 Å². The molecule has 1 N–H and O–H groups in total. The molecule has 43 heavy (non-hydrogen) atoms. The van der Waals surface area contributed by atoms with Gasteiger partial charge in [-0.05, 0) is 79.9 Å². The Hall–Kier alpha value is -2.98. The van der Waals surface area contributed by atoms with Crippen molar-refractivity contribution < 1.29 is 22.7 Å². The lowest BCUT2D eigenvalue weighted by molar-refractivity contribution is -0.139. The highest BCUT2D eigenvalue weighted by atomic mass is 35.5. The second-order valence-electron chi connectivity index (χ2n) is 10.5. The van der Waals surface area contributed by atoms with Crippen LogP contribution in [-0.4, -0.2) is 50.9 Å². The molecule has 3 aromatic carbocycles. The summed E-state index contributed by atoms with van der Waals surface area (Å²) >= 11 is 18.6. The van der Waals surface area contributed by atoms with E-state index in [1.54, 1.807) is 43.3 Å². The van der Waals surface area contributed by atoms with E-state index in [-0.39, 0.29) is 29.1 Å². The van der Waals surface area contributed by atoms with Gasteiger partial charge in [0.1, 0.15) is 18.3 Å². The summed E-state index contributed by atoms with van der Waals surface area (Å²) in [4.78, 5) is 28.9. The molecule has 230 valence electrons. The third-order valence-corrected chi connectivity index (χ3v) is 10.2. The second kappa shape index (κ2) is 14.7. The summed E-state index contributed by atoms with van der Waals surface area (Å²) in [5.74, 6) is -0.419. The Bertz CT molecular complexity index is 1550. The number of halogens is 3. The van der Waals surface area contributed by atoms with E-state index in [4.69, 9.17) is 39.5 Å². The van der Waals surface area contributed by atoms with E-state index < -0.39 is 28.5 Å². The van der Waals surface area contributed by atoms with Gasteiger partial charge in [0.2, 0.25) is 11.8 Å². The Balaban J connectivity index is 1.69. The van der Waals surface area contributed by atoms with Gasteiger partial charge in [0.25, 0.3) is 10.0 Å². The number of anilines is 1. The maximum Gasteiger partial charge on any atom is 0.264 e. The molecule has 8 nitrogen and oxygen atoms in total. The third-order valence-electron chi connectivity index (χ3n) is 7.48. The van der Waals surface area contributed by atoms with E-state index >= 15 is 0 Å². The number of nitrogens with zero attached hydrogens (tertiary/aromatic N) is 2. The van der Waals surface area contributed by atoms with Crippen LogP contribution in [0.25, 0.3) is 0 Å². The quantitative estimate of drug-likeness (QED) is 0.245. The predicted octanol–water partition coefficient (Wildman–Crippen LogP) is 6.72. The number of rotatable bonds is 11. The Morgan fingerprint density at radius 2 is 1.65 bits per heavy atom. The molecule has 1 saturated carbocycles. The van der Waals surface area contributed by atoms with Crippen LogP contribution in [0, 0.1) is 0 Å². The summed E-state index contributed by atoms with van der Waals surface area (Å²) in [5, 5.41) is 4.03. The first-order valence-corrected chi connectivity index (χ1v) is 16.5. The number of hydrogen-bond acceptors (Lipinski definition) is 5. The highest BCUT2D eigenvalue weighted by Gasteiger charge is 2.33. The summed E-state index contributed by atoms with van der Waals surface area (Å²) in [7, 11) is -2.77. The van der Waals surface area contributed by atoms with E-state index in [2.05, 4.69) is 5.32 Å². The van der Waals surface area contributed by atoms with Crippen molar-refractivity contribution in [1.82, 2.24) is 10.2 Å². The first-order chi connectivity index (χ1) is 20.5. The zero-order chi connectivity index (χ0) is 31.1. The molecule has 0 radical (unpaired) electrons. The van der Waals surface area contributed by atoms with Crippen molar-refractivity contribution >= 4 is 62.3 Å². The number of ether oxygens (including phenoxy) is 1. The minimum atomic E-state index is -4.25. The molecule has 0 aromatic heterocycles. The van der Waals surface area contributed by atoms with Crippen molar-refractivity contribution in [3.8, 4) is 5.75 Å². The van der Waals surface area contributed by atoms with Crippen molar-refractivity contribution in [2.24, 2.45) is 0 Å². The summed E-state index contributed by atoms with van der Waals surface area (Å²) < 4.78 is 34.1. The molecule has 0 spiro atoms. The normalized spacial score (nSPS) is 14.5. The minimum Gasteiger partial charge on any atom is -0.497 e. The lowest BCUT2D eigenvalue weighted by Crippen LogP contribution is -2.53. The number of amides is 2. The lowest BCUT2D eigenvalue weighted by Gasteiger charge is -2.33. The van der Waals surface area contributed by atoms with Crippen molar-refractivity contribution in [3.05, 3.63) is 87.4 Å². The van der Waals surface area contributed by atoms with Gasteiger partial charge in [0, 0.05) is 17.6 Å². The third kappa shape index (κ3) is 8.35. The van der Waals surface area contributed by atoms with E-state index in [0.29, 0.717) is 26.4 Å². The summed E-state index contributed by atoms with van der Waals surface area (Å²) in [5.41, 5.74) is 0.831. The molecule has 0 heterocycles. The number of sulfonamides is 1. The minimum absolute atomic E-state index is 0.000937. The molecular formula is C31H34Cl3N3O5S. The van der Waals surface area contributed by atoms with Crippen LogP contribution in [0.15, 0.2) is 71.6 Å². The van der Waals surface area contributed by atoms with Gasteiger partial charge in [-0.1, -0.05) is 66.2 Å². The van der Waals surface area contributed by atoms with Crippen molar-refractivity contribution in [3.63, 3.8) is 0 Å². The molecule has 0 saturated heterocycles. The zero-order valence-corrected chi connectivity index (χ0v) is 27.0. The number of methoxy groups -OCH3 is 1. The highest BCUT2D eigenvalue weighted by molar-refractivity contribution is 7.92. The van der Waals surface area contributed by atoms with E-state index in [1.807, 2.05) is 0 Å². The first kappa shape index (κ1) is 32.9. The Morgan fingerprint density at radius 1 is 0.953 bits per heavy atom. The average molecular weight is 667 g/mol. The fourth-order valence-corrected chi connectivity index (χ4v) is 6.93. The van der Waals surface area contributed by atoms with Crippen LogP contribution < -0.4 is 14.4 Å². The molecule has 1 aliphatic rings. The standard InChI is InChI=1S/C31H34Cl3N3O5S/c1-21(31(39)35-24-8-4-3-5-9-24)36(19-22-11-16-28(33)29(34)17-22)30(38)20-37(25-10-6-7-23(32)18-25)43(40,41)27-14-12-26(42-2)13-15-27/h6-7,10-18,21,24H,3-5,8-9,19-20H2,1-2H3,(H,35,39)/t21-/m0/s1. The molecule has 12 heteroatoms. The molecule has 0 bridgehead atoms. The molecule has 0 aliphatic heterocycles. The zero-order valence-electron chi connectivity index (χ0n) is 23.9. The van der Waals surface area contributed by atoms with Gasteiger partial charge in [0.05, 0.1) is 27.7 Å². The van der Waals surface area contributed by atoms with Crippen LogP contribution >= 0.6 is 34.8 Å². The van der Waals surface area contributed by atoms with Crippen molar-refractivity contribution in [2.75, 3.05) is 18.0 Å². The Kier molecular flexibility index (Phi) is 11.2. The van der Waals surface area contributed by atoms with Crippen LogP contribution in [0.2, 0.25) is 15.1 Å².